The van der Waals surface area contributed by atoms with Gasteiger partial charge < -0.3 is 4.74 Å². The summed E-state index contributed by atoms with van der Waals surface area (Å²) in [7, 11) is -3.81. The van der Waals surface area contributed by atoms with Crippen LogP contribution in [-0.4, -0.2) is 21.0 Å². The Morgan fingerprint density at radius 2 is 1.74 bits per heavy atom. The van der Waals surface area contributed by atoms with Gasteiger partial charge >= 0.3 is 5.97 Å². The predicted octanol–water partition coefficient (Wildman–Crippen LogP) is 4.31. The third-order valence-electron chi connectivity index (χ3n) is 4.26. The second-order valence-electron chi connectivity index (χ2n) is 6.07. The molecule has 0 spiro atoms. The molecule has 0 aliphatic carbocycles. The van der Waals surface area contributed by atoms with Crippen LogP contribution in [0.5, 0.6) is 0 Å². The number of carbonyl (C=O) groups excluding carboxylic acids is 1. The summed E-state index contributed by atoms with van der Waals surface area (Å²) in [5.41, 5.74) is 0.940. The summed E-state index contributed by atoms with van der Waals surface area (Å²) in [4.78, 5) is 11.6. The number of fused-ring (bicyclic) bond motifs is 1. The average Bonchev–Trinajstić information content (AvgIpc) is 2.66. The Morgan fingerprint density at radius 3 is 2.48 bits per heavy atom. The number of hydrogen-bond donors (Lipinski definition) is 0. The first-order valence-corrected chi connectivity index (χ1v) is 10.1. The fraction of sp³-hybridized carbons (Fsp3) is 0.190. The van der Waals surface area contributed by atoms with Crippen LogP contribution in [0.4, 0.5) is 4.39 Å². The van der Waals surface area contributed by atoms with Gasteiger partial charge in [0.1, 0.15) is 5.82 Å². The molecular weight excluding hydrogens is 367 g/mol. The Kier molecular flexibility index (Phi) is 5.56. The van der Waals surface area contributed by atoms with Gasteiger partial charge in [-0.1, -0.05) is 30.3 Å². The van der Waals surface area contributed by atoms with E-state index in [1.807, 2.05) is 18.2 Å². The van der Waals surface area contributed by atoms with Crippen molar-refractivity contribution in [3.05, 3.63) is 72.0 Å². The van der Waals surface area contributed by atoms with Crippen molar-refractivity contribution in [1.29, 1.82) is 0 Å². The molecule has 3 rings (SSSR count). The molecule has 0 unspecified atom stereocenters. The Balaban J connectivity index is 1.95. The average molecular weight is 386 g/mol. The van der Waals surface area contributed by atoms with E-state index in [1.54, 1.807) is 19.1 Å². The van der Waals surface area contributed by atoms with E-state index in [0.29, 0.717) is 13.0 Å². The summed E-state index contributed by atoms with van der Waals surface area (Å²) in [6.45, 7) is 2.10. The summed E-state index contributed by atoms with van der Waals surface area (Å²) < 4.78 is 43.9. The Labute approximate surface area is 157 Å². The molecule has 0 amide bonds. The summed E-state index contributed by atoms with van der Waals surface area (Å²) in [5.74, 6) is -0.863. The van der Waals surface area contributed by atoms with Gasteiger partial charge in [-0.25, -0.2) is 12.8 Å². The highest BCUT2D eigenvalue weighted by Gasteiger charge is 2.19. The SMILES string of the molecule is CCOC(=O)CCc1cccc2cc(S(=O)(=O)c3cccc(F)c3)ccc12. The molecule has 0 bridgehead atoms. The van der Waals surface area contributed by atoms with E-state index >= 15 is 0 Å². The van der Waals surface area contributed by atoms with Crippen molar-refractivity contribution >= 4 is 26.6 Å². The molecule has 0 N–H and O–H groups in total. The fourth-order valence-electron chi connectivity index (χ4n) is 2.95. The van der Waals surface area contributed by atoms with Crippen molar-refractivity contribution in [1.82, 2.24) is 0 Å². The molecule has 0 aliphatic heterocycles. The lowest BCUT2D eigenvalue weighted by Gasteiger charge is -2.10. The maximum Gasteiger partial charge on any atom is 0.306 e. The normalized spacial score (nSPS) is 11.5. The van der Waals surface area contributed by atoms with Gasteiger partial charge in [0.2, 0.25) is 9.84 Å². The summed E-state index contributed by atoms with van der Waals surface area (Å²) >= 11 is 0. The summed E-state index contributed by atoms with van der Waals surface area (Å²) in [5, 5.41) is 1.62. The summed E-state index contributed by atoms with van der Waals surface area (Å²) in [6.07, 6.45) is 0.766. The smallest absolute Gasteiger partial charge is 0.306 e. The molecular formula is C21H19FO4S. The molecule has 6 heteroatoms. The van der Waals surface area contributed by atoms with E-state index < -0.39 is 15.7 Å². The molecule has 0 aromatic heterocycles. The predicted molar refractivity (Wildman–Crippen MR) is 101 cm³/mol. The van der Waals surface area contributed by atoms with Crippen molar-refractivity contribution < 1.29 is 22.3 Å². The molecule has 0 saturated heterocycles. The third kappa shape index (κ3) is 4.17. The van der Waals surface area contributed by atoms with Crippen LogP contribution in [0, 0.1) is 5.82 Å². The first-order chi connectivity index (χ1) is 12.9. The van der Waals surface area contributed by atoms with Crippen molar-refractivity contribution in [3.8, 4) is 0 Å². The van der Waals surface area contributed by atoms with E-state index in [2.05, 4.69) is 0 Å². The van der Waals surface area contributed by atoms with E-state index in [1.165, 1.54) is 24.3 Å². The van der Waals surface area contributed by atoms with Crippen molar-refractivity contribution in [3.63, 3.8) is 0 Å². The highest BCUT2D eigenvalue weighted by molar-refractivity contribution is 7.91. The molecule has 0 fully saturated rings. The number of rotatable bonds is 6. The maximum absolute atomic E-state index is 13.4. The molecule has 0 radical (unpaired) electrons. The Bertz CT molecular complexity index is 1090. The number of aryl methyl sites for hydroxylation is 1. The van der Waals surface area contributed by atoms with Gasteiger partial charge in [-0.05, 0) is 60.0 Å². The van der Waals surface area contributed by atoms with Crippen LogP contribution in [0.1, 0.15) is 18.9 Å². The van der Waals surface area contributed by atoms with E-state index in [9.17, 15) is 17.6 Å². The van der Waals surface area contributed by atoms with Gasteiger partial charge in [-0.15, -0.1) is 0 Å². The molecule has 0 saturated carbocycles. The van der Waals surface area contributed by atoms with E-state index in [-0.39, 0.29) is 22.2 Å². The van der Waals surface area contributed by atoms with Crippen LogP contribution < -0.4 is 0 Å². The van der Waals surface area contributed by atoms with Gasteiger partial charge in [-0.2, -0.15) is 0 Å². The van der Waals surface area contributed by atoms with Crippen molar-refractivity contribution in [2.24, 2.45) is 0 Å². The van der Waals surface area contributed by atoms with E-state index in [0.717, 1.165) is 22.4 Å². The topological polar surface area (TPSA) is 60.4 Å². The minimum Gasteiger partial charge on any atom is -0.466 e. The van der Waals surface area contributed by atoms with Crippen LogP contribution in [-0.2, 0) is 25.8 Å². The molecule has 0 heterocycles. The first kappa shape index (κ1) is 19.0. The molecule has 140 valence electrons. The minimum absolute atomic E-state index is 0.0830. The second-order valence-corrected chi connectivity index (χ2v) is 8.02. The first-order valence-electron chi connectivity index (χ1n) is 8.60. The standard InChI is InChI=1S/C21H19FO4S/c1-2-26-21(23)12-9-15-5-3-6-16-13-19(10-11-20(15)16)27(24,25)18-8-4-7-17(22)14-18/h3-8,10-11,13-14H,2,9,12H2,1H3. The van der Waals surface area contributed by atoms with Crippen LogP contribution in [0.2, 0.25) is 0 Å². The third-order valence-corrected chi connectivity index (χ3v) is 6.01. The molecule has 4 nitrogen and oxygen atoms in total. The van der Waals surface area contributed by atoms with Crippen molar-refractivity contribution in [2.75, 3.05) is 6.61 Å². The van der Waals surface area contributed by atoms with Gasteiger partial charge in [0.05, 0.1) is 16.4 Å². The number of ether oxygens (including phenoxy) is 1. The van der Waals surface area contributed by atoms with Gasteiger partial charge in [0.15, 0.2) is 0 Å². The highest BCUT2D eigenvalue weighted by atomic mass is 32.2. The zero-order valence-electron chi connectivity index (χ0n) is 14.8. The van der Waals surface area contributed by atoms with Crippen LogP contribution in [0.15, 0.2) is 70.5 Å². The second kappa shape index (κ2) is 7.88. The number of benzene rings is 3. The number of sulfone groups is 1. The number of halogens is 1. The maximum atomic E-state index is 13.4. The van der Waals surface area contributed by atoms with E-state index in [4.69, 9.17) is 4.74 Å². The summed E-state index contributed by atoms with van der Waals surface area (Å²) in [6, 6.07) is 15.3. The molecule has 3 aromatic rings. The zero-order chi connectivity index (χ0) is 19.4. The molecule has 3 aromatic carbocycles. The van der Waals surface area contributed by atoms with Crippen LogP contribution in [0.25, 0.3) is 10.8 Å². The Hall–Kier alpha value is -2.73. The largest absolute Gasteiger partial charge is 0.466 e. The van der Waals surface area contributed by atoms with Crippen LogP contribution >= 0.6 is 0 Å². The monoisotopic (exact) mass is 386 g/mol. The highest BCUT2D eigenvalue weighted by Crippen LogP contribution is 2.27. The Morgan fingerprint density at radius 1 is 1.00 bits per heavy atom. The van der Waals surface area contributed by atoms with Crippen LogP contribution in [0.3, 0.4) is 0 Å². The lowest BCUT2D eigenvalue weighted by atomic mass is 10.0. The van der Waals surface area contributed by atoms with Gasteiger partial charge in [-0.3, -0.25) is 4.79 Å². The minimum atomic E-state index is -3.81. The van der Waals surface area contributed by atoms with Gasteiger partial charge in [0.25, 0.3) is 0 Å². The zero-order valence-corrected chi connectivity index (χ0v) is 15.6. The molecule has 0 atom stereocenters. The fourth-order valence-corrected chi connectivity index (χ4v) is 4.28. The lowest BCUT2D eigenvalue weighted by Crippen LogP contribution is -2.05. The van der Waals surface area contributed by atoms with Gasteiger partial charge in [0, 0.05) is 6.42 Å². The number of hydrogen-bond acceptors (Lipinski definition) is 4. The number of carbonyl (C=O) groups is 1. The molecule has 27 heavy (non-hydrogen) atoms. The van der Waals surface area contributed by atoms with Crippen molar-refractivity contribution in [2.45, 2.75) is 29.6 Å². The number of esters is 1. The lowest BCUT2D eigenvalue weighted by molar-refractivity contribution is -0.143. The quantitative estimate of drug-likeness (QED) is 0.593. The molecule has 0 aliphatic rings.